The molecule has 0 rings (SSSR count). The van der Waals surface area contributed by atoms with Gasteiger partial charge in [0, 0.05) is 19.3 Å². The summed E-state index contributed by atoms with van der Waals surface area (Å²) in [4.78, 5) is 38.2. The van der Waals surface area contributed by atoms with Crippen molar-refractivity contribution in [1.82, 2.24) is 0 Å². The normalized spacial score (nSPS) is 12.2. The van der Waals surface area contributed by atoms with Gasteiger partial charge in [-0.15, -0.1) is 0 Å². The van der Waals surface area contributed by atoms with E-state index < -0.39 is 6.10 Å². The molecule has 0 heterocycles. The van der Waals surface area contributed by atoms with E-state index in [-0.39, 0.29) is 31.1 Å². The summed E-state index contributed by atoms with van der Waals surface area (Å²) in [6.07, 6.45) is 68.4. The Bertz CT molecular complexity index is 1140. The van der Waals surface area contributed by atoms with Gasteiger partial charge in [-0.1, -0.05) is 263 Å². The lowest BCUT2D eigenvalue weighted by molar-refractivity contribution is -0.167. The summed E-state index contributed by atoms with van der Waals surface area (Å²) >= 11 is 0. The molecule has 0 aromatic heterocycles. The highest BCUT2D eigenvalue weighted by Gasteiger charge is 2.19. The van der Waals surface area contributed by atoms with Crippen LogP contribution in [-0.2, 0) is 28.6 Å². The topological polar surface area (TPSA) is 78.9 Å². The summed E-state index contributed by atoms with van der Waals surface area (Å²) < 4.78 is 16.9. The second kappa shape index (κ2) is 57.2. The predicted octanol–water partition coefficient (Wildman–Crippen LogP) is 20.0. The summed E-state index contributed by atoms with van der Waals surface area (Å²) in [7, 11) is 0. The van der Waals surface area contributed by atoms with Crippen molar-refractivity contribution in [2.24, 2.45) is 0 Å². The van der Waals surface area contributed by atoms with Gasteiger partial charge in [0.25, 0.3) is 0 Å². The van der Waals surface area contributed by atoms with Crippen LogP contribution in [0.1, 0.15) is 323 Å². The number of allylic oxidation sites excluding steroid dienone is 6. The van der Waals surface area contributed by atoms with Crippen LogP contribution in [0.25, 0.3) is 0 Å². The number of ether oxygens (including phenoxy) is 3. The molecule has 0 aromatic rings. The third-order valence-electron chi connectivity index (χ3n) is 13.4. The molecule has 0 fully saturated rings. The van der Waals surface area contributed by atoms with E-state index in [0.29, 0.717) is 19.3 Å². The van der Waals surface area contributed by atoms with Gasteiger partial charge in [-0.2, -0.15) is 0 Å². The second-order valence-electron chi connectivity index (χ2n) is 20.3. The van der Waals surface area contributed by atoms with Crippen LogP contribution < -0.4 is 0 Å². The number of hydrogen-bond donors (Lipinski definition) is 0. The molecule has 1 atom stereocenters. The minimum Gasteiger partial charge on any atom is -0.462 e. The fourth-order valence-corrected chi connectivity index (χ4v) is 8.82. The summed E-state index contributed by atoms with van der Waals surface area (Å²) in [5, 5.41) is 0. The summed E-state index contributed by atoms with van der Waals surface area (Å²) in [6.45, 7) is 6.64. The highest BCUT2D eigenvalue weighted by Crippen LogP contribution is 2.17. The first-order chi connectivity index (χ1) is 33.5. The maximum Gasteiger partial charge on any atom is 0.306 e. The van der Waals surface area contributed by atoms with E-state index in [9.17, 15) is 14.4 Å². The van der Waals surface area contributed by atoms with Crippen molar-refractivity contribution in [2.45, 2.75) is 329 Å². The monoisotopic (exact) mass is 955 g/mol. The van der Waals surface area contributed by atoms with Gasteiger partial charge in [-0.05, 0) is 77.0 Å². The summed E-state index contributed by atoms with van der Waals surface area (Å²) in [5.74, 6) is -0.860. The number of rotatable bonds is 55. The van der Waals surface area contributed by atoms with Gasteiger partial charge < -0.3 is 14.2 Å². The Morgan fingerprint density at radius 1 is 0.294 bits per heavy atom. The molecule has 0 spiro atoms. The molecule has 0 bridgehead atoms. The lowest BCUT2D eigenvalue weighted by Gasteiger charge is -2.18. The maximum absolute atomic E-state index is 12.9. The van der Waals surface area contributed by atoms with Crippen LogP contribution >= 0.6 is 0 Å². The molecule has 0 aromatic carbocycles. The van der Waals surface area contributed by atoms with E-state index >= 15 is 0 Å². The molecule has 0 unspecified atom stereocenters. The molecule has 0 saturated heterocycles. The number of carbonyl (C=O) groups excluding carboxylic acids is 3. The highest BCUT2D eigenvalue weighted by molar-refractivity contribution is 5.71. The Balaban J connectivity index is 4.34. The van der Waals surface area contributed by atoms with Crippen LogP contribution in [0.5, 0.6) is 0 Å². The number of unbranched alkanes of at least 4 members (excludes halogenated alkanes) is 38. The molecule has 0 amide bonds. The standard InChI is InChI=1S/C62H114O6/c1-4-7-10-13-16-19-22-25-28-30-31-32-35-37-40-43-46-49-52-55-61(64)67-58-59(57-66-60(63)54-51-48-45-42-39-36-33-27-24-21-18-15-12-9-6-3)68-62(65)56-53-50-47-44-41-38-34-29-26-23-20-17-14-11-8-5-2/h16,19,21,24-25,28,59H,4-15,17-18,20,22-23,26-27,29-58H2,1-3H3/b19-16+,24-21+,28-25+/t59-/m1/s1. The molecule has 0 N–H and O–H groups in total. The Kier molecular flexibility index (Phi) is 55.2. The van der Waals surface area contributed by atoms with Crippen molar-refractivity contribution in [3.05, 3.63) is 36.5 Å². The highest BCUT2D eigenvalue weighted by atomic mass is 16.6. The smallest absolute Gasteiger partial charge is 0.306 e. The first-order valence-corrected chi connectivity index (χ1v) is 30.0. The maximum atomic E-state index is 12.9. The average Bonchev–Trinajstić information content (AvgIpc) is 3.34. The largest absolute Gasteiger partial charge is 0.462 e. The van der Waals surface area contributed by atoms with Crippen LogP contribution in [0, 0.1) is 0 Å². The van der Waals surface area contributed by atoms with Crippen LogP contribution in [0.2, 0.25) is 0 Å². The van der Waals surface area contributed by atoms with Crippen molar-refractivity contribution < 1.29 is 28.6 Å². The molecule has 398 valence electrons. The fourth-order valence-electron chi connectivity index (χ4n) is 8.82. The van der Waals surface area contributed by atoms with E-state index in [2.05, 4.69) is 57.2 Å². The Morgan fingerprint density at radius 3 is 0.868 bits per heavy atom. The van der Waals surface area contributed by atoms with Crippen LogP contribution in [0.4, 0.5) is 0 Å². The van der Waals surface area contributed by atoms with Crippen molar-refractivity contribution in [3.63, 3.8) is 0 Å². The van der Waals surface area contributed by atoms with E-state index in [4.69, 9.17) is 14.2 Å². The molecule has 68 heavy (non-hydrogen) atoms. The van der Waals surface area contributed by atoms with Crippen LogP contribution in [0.15, 0.2) is 36.5 Å². The molecular formula is C62H114O6. The van der Waals surface area contributed by atoms with E-state index in [1.807, 2.05) is 0 Å². The first-order valence-electron chi connectivity index (χ1n) is 30.0. The zero-order valence-corrected chi connectivity index (χ0v) is 45.6. The molecule has 0 radical (unpaired) electrons. The van der Waals surface area contributed by atoms with Gasteiger partial charge in [0.2, 0.25) is 0 Å². The minimum absolute atomic E-state index is 0.0719. The van der Waals surface area contributed by atoms with Crippen molar-refractivity contribution in [2.75, 3.05) is 13.2 Å². The number of hydrogen-bond acceptors (Lipinski definition) is 6. The molecular weight excluding hydrogens is 841 g/mol. The zero-order valence-electron chi connectivity index (χ0n) is 45.6. The van der Waals surface area contributed by atoms with Crippen molar-refractivity contribution in [1.29, 1.82) is 0 Å². The van der Waals surface area contributed by atoms with E-state index in [0.717, 1.165) is 64.2 Å². The Morgan fingerprint density at radius 2 is 0.529 bits per heavy atom. The summed E-state index contributed by atoms with van der Waals surface area (Å²) in [5.41, 5.74) is 0. The Labute approximate surface area is 423 Å². The third-order valence-corrected chi connectivity index (χ3v) is 13.4. The van der Waals surface area contributed by atoms with Crippen LogP contribution in [-0.4, -0.2) is 37.2 Å². The van der Waals surface area contributed by atoms with Gasteiger partial charge >= 0.3 is 17.9 Å². The second-order valence-corrected chi connectivity index (χ2v) is 20.3. The van der Waals surface area contributed by atoms with Crippen molar-refractivity contribution >= 4 is 17.9 Å². The van der Waals surface area contributed by atoms with Gasteiger partial charge in [0.15, 0.2) is 6.10 Å². The van der Waals surface area contributed by atoms with Gasteiger partial charge in [0.1, 0.15) is 13.2 Å². The molecule has 6 heteroatoms. The lowest BCUT2D eigenvalue weighted by atomic mass is 10.0. The lowest BCUT2D eigenvalue weighted by Crippen LogP contribution is -2.30. The van der Waals surface area contributed by atoms with E-state index in [1.165, 1.54) is 218 Å². The predicted molar refractivity (Wildman–Crippen MR) is 293 cm³/mol. The van der Waals surface area contributed by atoms with Gasteiger partial charge in [-0.25, -0.2) is 0 Å². The zero-order chi connectivity index (χ0) is 49.3. The molecule has 0 saturated carbocycles. The molecule has 6 nitrogen and oxygen atoms in total. The third kappa shape index (κ3) is 54.6. The fraction of sp³-hybridized carbons (Fsp3) is 0.855. The molecule has 0 aliphatic rings. The Hall–Kier alpha value is -2.37. The van der Waals surface area contributed by atoms with E-state index in [1.54, 1.807) is 0 Å². The van der Waals surface area contributed by atoms with Gasteiger partial charge in [-0.3, -0.25) is 14.4 Å². The quantitative estimate of drug-likeness (QED) is 0.0262. The number of carbonyl (C=O) groups is 3. The van der Waals surface area contributed by atoms with Crippen molar-refractivity contribution in [3.8, 4) is 0 Å². The average molecular weight is 956 g/mol. The SMILES string of the molecule is CCCCC/C=C/C/C=C/CCCCCCCCCCCC(=O)OC[C@@H](COC(=O)CCCCCCCCC/C=C/CCCCCC)OC(=O)CCCCCCCCCCCCCCCCCC. The molecule has 0 aliphatic heterocycles. The minimum atomic E-state index is -0.773. The van der Waals surface area contributed by atoms with Crippen LogP contribution in [0.3, 0.4) is 0 Å². The summed E-state index contributed by atoms with van der Waals surface area (Å²) in [6, 6.07) is 0. The molecule has 0 aliphatic carbocycles. The number of esters is 3. The van der Waals surface area contributed by atoms with Gasteiger partial charge in [0.05, 0.1) is 0 Å². The first kappa shape index (κ1) is 65.6.